The summed E-state index contributed by atoms with van der Waals surface area (Å²) in [5.74, 6) is -0.432. The number of fused-ring (bicyclic) bond motifs is 1. The van der Waals surface area contributed by atoms with E-state index >= 15 is 0 Å². The van der Waals surface area contributed by atoms with E-state index in [2.05, 4.69) is 51.3 Å². The van der Waals surface area contributed by atoms with E-state index in [9.17, 15) is 14.4 Å². The Morgan fingerprint density at radius 2 is 1.83 bits per heavy atom. The Bertz CT molecular complexity index is 978. The fraction of sp³-hybridized carbons (Fsp3) is 0.435. The molecule has 1 aromatic heterocycles. The van der Waals surface area contributed by atoms with Crippen LogP contribution in [0.25, 0.3) is 0 Å². The summed E-state index contributed by atoms with van der Waals surface area (Å²) in [5.41, 5.74) is 1.96. The maximum Gasteiger partial charge on any atom is 0.261 e. The normalized spacial score (nSPS) is 18.0. The highest BCUT2D eigenvalue weighted by atomic mass is 16.2. The minimum absolute atomic E-state index is 0.00814. The zero-order chi connectivity index (χ0) is 21.1. The second-order valence-electron chi connectivity index (χ2n) is 8.10. The molecule has 0 saturated carbocycles. The quantitative estimate of drug-likeness (QED) is 0.789. The number of ketones is 1. The van der Waals surface area contributed by atoms with Gasteiger partial charge in [-0.05, 0) is 38.0 Å². The number of carbonyl (C=O) groups is 2. The summed E-state index contributed by atoms with van der Waals surface area (Å²) in [6.07, 6.45) is 1.87. The molecular weight excluding hydrogens is 380 g/mol. The van der Waals surface area contributed by atoms with Crippen LogP contribution in [0, 0.1) is 0 Å². The number of aromatic nitrogens is 1. The average Bonchev–Trinajstić information content (AvgIpc) is 2.78. The molecule has 2 aliphatic rings. The Morgan fingerprint density at radius 1 is 1.10 bits per heavy atom. The number of para-hydroxylation sites is 1. The van der Waals surface area contributed by atoms with Crippen molar-refractivity contribution in [3.8, 4) is 0 Å². The van der Waals surface area contributed by atoms with Crippen molar-refractivity contribution >= 4 is 17.4 Å². The zero-order valence-electron chi connectivity index (χ0n) is 17.3. The van der Waals surface area contributed by atoms with Gasteiger partial charge in [-0.25, -0.2) is 0 Å². The van der Waals surface area contributed by atoms with E-state index in [1.54, 1.807) is 0 Å². The number of carbonyl (C=O) groups excluding carboxylic acids is 2. The fourth-order valence-corrected chi connectivity index (χ4v) is 4.27. The highest BCUT2D eigenvalue weighted by molar-refractivity contribution is 6.01. The van der Waals surface area contributed by atoms with Crippen molar-refractivity contribution in [3.63, 3.8) is 0 Å². The van der Waals surface area contributed by atoms with Crippen LogP contribution in [0.4, 0.5) is 5.69 Å². The summed E-state index contributed by atoms with van der Waals surface area (Å²) in [6, 6.07) is 12.0. The van der Waals surface area contributed by atoms with Gasteiger partial charge in [0.25, 0.3) is 11.5 Å². The molecule has 1 aromatic carbocycles. The van der Waals surface area contributed by atoms with Crippen LogP contribution in [0.1, 0.15) is 46.2 Å². The summed E-state index contributed by atoms with van der Waals surface area (Å²) < 4.78 is 0. The summed E-state index contributed by atoms with van der Waals surface area (Å²) in [6.45, 7) is 6.25. The van der Waals surface area contributed by atoms with Crippen LogP contribution in [-0.4, -0.2) is 60.3 Å². The standard InChI is InChI=1S/C23H28N4O3/c1-16(26-10-12-27(13-11-26)17-6-3-2-4-7-17)15-24-22(29)19-14-18-20(25-23(19)30)8-5-9-21(18)28/h2-4,6-7,14,16H,5,8-13,15H2,1H3,(H,24,29)(H,25,30). The number of nitrogens with zero attached hydrogens (tertiary/aromatic N) is 2. The lowest BCUT2D eigenvalue weighted by atomic mass is 9.93. The predicted octanol–water partition coefficient (Wildman–Crippen LogP) is 1.83. The first-order valence-corrected chi connectivity index (χ1v) is 10.6. The van der Waals surface area contributed by atoms with Gasteiger partial charge in [0.2, 0.25) is 0 Å². The van der Waals surface area contributed by atoms with Crippen LogP contribution in [0.5, 0.6) is 0 Å². The van der Waals surface area contributed by atoms with E-state index in [0.717, 1.165) is 32.6 Å². The smallest absolute Gasteiger partial charge is 0.261 e. The molecule has 1 atom stereocenters. The number of benzene rings is 1. The lowest BCUT2D eigenvalue weighted by Crippen LogP contribution is -2.52. The Morgan fingerprint density at radius 3 is 2.57 bits per heavy atom. The topological polar surface area (TPSA) is 85.5 Å². The van der Waals surface area contributed by atoms with Gasteiger partial charge in [0.1, 0.15) is 5.56 Å². The number of anilines is 1. The lowest BCUT2D eigenvalue weighted by molar-refractivity contribution is 0.0932. The second-order valence-corrected chi connectivity index (χ2v) is 8.10. The summed E-state index contributed by atoms with van der Waals surface area (Å²) >= 11 is 0. The molecule has 30 heavy (non-hydrogen) atoms. The summed E-state index contributed by atoms with van der Waals surface area (Å²) in [7, 11) is 0. The molecule has 158 valence electrons. The Labute approximate surface area is 176 Å². The van der Waals surface area contributed by atoms with Crippen molar-refractivity contribution in [1.82, 2.24) is 15.2 Å². The van der Waals surface area contributed by atoms with Crippen molar-refractivity contribution in [3.05, 3.63) is 63.6 Å². The second kappa shape index (κ2) is 8.83. The molecule has 0 bridgehead atoms. The van der Waals surface area contributed by atoms with E-state index in [1.807, 2.05) is 6.07 Å². The van der Waals surface area contributed by atoms with Crippen LogP contribution >= 0.6 is 0 Å². The molecule has 1 aliphatic carbocycles. The van der Waals surface area contributed by atoms with Gasteiger partial charge in [0, 0.05) is 62.1 Å². The van der Waals surface area contributed by atoms with Gasteiger partial charge >= 0.3 is 0 Å². The van der Waals surface area contributed by atoms with Crippen LogP contribution in [-0.2, 0) is 6.42 Å². The van der Waals surface area contributed by atoms with Crippen LogP contribution < -0.4 is 15.8 Å². The number of hydrogen-bond acceptors (Lipinski definition) is 5. The molecule has 1 aliphatic heterocycles. The first-order valence-electron chi connectivity index (χ1n) is 10.6. The number of aryl methyl sites for hydroxylation is 1. The molecule has 2 heterocycles. The number of hydrogen-bond donors (Lipinski definition) is 2. The van der Waals surface area contributed by atoms with Crippen LogP contribution in [0.15, 0.2) is 41.2 Å². The third kappa shape index (κ3) is 4.31. The van der Waals surface area contributed by atoms with Crippen molar-refractivity contribution < 1.29 is 9.59 Å². The maximum absolute atomic E-state index is 12.6. The van der Waals surface area contributed by atoms with Crippen molar-refractivity contribution in [2.75, 3.05) is 37.6 Å². The van der Waals surface area contributed by atoms with Crippen molar-refractivity contribution in [1.29, 1.82) is 0 Å². The van der Waals surface area contributed by atoms with Gasteiger partial charge in [-0.3, -0.25) is 19.3 Å². The predicted molar refractivity (Wildman–Crippen MR) is 116 cm³/mol. The number of H-pyrrole nitrogens is 1. The molecule has 0 radical (unpaired) electrons. The van der Waals surface area contributed by atoms with Crippen molar-refractivity contribution in [2.24, 2.45) is 0 Å². The Hall–Kier alpha value is -2.93. The highest BCUT2D eigenvalue weighted by Crippen LogP contribution is 2.19. The molecule has 1 saturated heterocycles. The molecule has 7 nitrogen and oxygen atoms in total. The minimum atomic E-state index is -0.426. The molecule has 0 spiro atoms. The molecule has 2 N–H and O–H groups in total. The molecule has 2 aromatic rings. The van der Waals surface area contributed by atoms with E-state index < -0.39 is 11.5 Å². The number of Topliss-reactive ketones (excluding diaryl/α,β-unsaturated/α-hetero) is 1. The first-order chi connectivity index (χ1) is 14.5. The third-order valence-electron chi connectivity index (χ3n) is 6.12. The molecular formula is C23H28N4O3. The van der Waals surface area contributed by atoms with E-state index in [4.69, 9.17) is 0 Å². The number of nitrogens with one attached hydrogen (secondary N) is 2. The van der Waals surface area contributed by atoms with Gasteiger partial charge in [-0.15, -0.1) is 0 Å². The number of piperazine rings is 1. The van der Waals surface area contributed by atoms with Gasteiger partial charge in [-0.1, -0.05) is 18.2 Å². The Balaban J connectivity index is 1.33. The van der Waals surface area contributed by atoms with E-state index in [0.29, 0.717) is 30.6 Å². The molecule has 1 amide bonds. The van der Waals surface area contributed by atoms with E-state index in [1.165, 1.54) is 11.8 Å². The highest BCUT2D eigenvalue weighted by Gasteiger charge is 2.24. The molecule has 4 rings (SSSR count). The Kier molecular flexibility index (Phi) is 5.99. The SMILES string of the molecule is CC(CNC(=O)c1cc2c([nH]c1=O)CCCC2=O)N1CCN(c2ccccc2)CC1. The summed E-state index contributed by atoms with van der Waals surface area (Å²) in [4.78, 5) is 44.5. The number of pyridine rings is 1. The maximum atomic E-state index is 12.6. The zero-order valence-corrected chi connectivity index (χ0v) is 17.3. The van der Waals surface area contributed by atoms with Crippen LogP contribution in [0.3, 0.4) is 0 Å². The number of amides is 1. The molecule has 7 heteroatoms. The largest absolute Gasteiger partial charge is 0.369 e. The third-order valence-corrected chi connectivity index (χ3v) is 6.12. The number of aromatic amines is 1. The lowest BCUT2D eigenvalue weighted by Gasteiger charge is -2.39. The van der Waals surface area contributed by atoms with Crippen LogP contribution in [0.2, 0.25) is 0 Å². The van der Waals surface area contributed by atoms with Crippen molar-refractivity contribution in [2.45, 2.75) is 32.2 Å². The van der Waals surface area contributed by atoms with Gasteiger partial charge in [-0.2, -0.15) is 0 Å². The fourth-order valence-electron chi connectivity index (χ4n) is 4.27. The van der Waals surface area contributed by atoms with Gasteiger partial charge in [0.05, 0.1) is 0 Å². The first kappa shape index (κ1) is 20.3. The van der Waals surface area contributed by atoms with Gasteiger partial charge < -0.3 is 15.2 Å². The monoisotopic (exact) mass is 408 g/mol. The molecule has 1 fully saturated rings. The van der Waals surface area contributed by atoms with Gasteiger partial charge in [0.15, 0.2) is 5.78 Å². The van der Waals surface area contributed by atoms with E-state index in [-0.39, 0.29) is 17.4 Å². The average molecular weight is 409 g/mol. The minimum Gasteiger partial charge on any atom is -0.369 e. The summed E-state index contributed by atoms with van der Waals surface area (Å²) in [5, 5.41) is 2.88. The number of rotatable bonds is 5. The molecule has 1 unspecified atom stereocenters.